The molecule has 0 aromatic heterocycles. The predicted octanol–water partition coefficient (Wildman–Crippen LogP) is 2.81. The van der Waals surface area contributed by atoms with Gasteiger partial charge in [-0.05, 0) is 62.3 Å². The fraction of sp³-hybridized carbons (Fsp3) is 0.364. The van der Waals surface area contributed by atoms with Crippen LogP contribution in [0.2, 0.25) is 0 Å². The minimum Gasteiger partial charge on any atom is -0.343 e. The fourth-order valence-corrected chi connectivity index (χ4v) is 3.94. The van der Waals surface area contributed by atoms with E-state index in [9.17, 15) is 19.4 Å². The molecule has 2 aromatic carbocycles. The van der Waals surface area contributed by atoms with Crippen LogP contribution >= 0.6 is 0 Å². The first kappa shape index (κ1) is 19.7. The molecule has 0 saturated carbocycles. The van der Waals surface area contributed by atoms with Gasteiger partial charge in [0.2, 0.25) is 5.91 Å². The van der Waals surface area contributed by atoms with Crippen molar-refractivity contribution < 1.29 is 19.4 Å². The summed E-state index contributed by atoms with van der Waals surface area (Å²) in [5, 5.41) is 22.0. The number of aliphatic imine (C=N–C) groups is 1. The number of benzene rings is 2. The molecule has 4 rings (SSSR count). The number of anilines is 1. The highest BCUT2D eigenvalue weighted by molar-refractivity contribution is 6.15. The number of fused-ring (bicyclic) bond motifs is 1. The molecule has 1 amide bonds. The number of likely N-dealkylation sites (tertiary alicyclic amines) is 1. The Balaban J connectivity index is 1.66. The maximum atomic E-state index is 13.3. The lowest BCUT2D eigenvalue weighted by Gasteiger charge is -2.40. The van der Waals surface area contributed by atoms with Crippen molar-refractivity contribution in [2.75, 3.05) is 24.5 Å². The summed E-state index contributed by atoms with van der Waals surface area (Å²) in [7, 11) is 0. The van der Waals surface area contributed by atoms with Crippen molar-refractivity contribution in [1.29, 1.82) is 0 Å². The molecule has 1 saturated heterocycles. The van der Waals surface area contributed by atoms with Gasteiger partial charge in [-0.1, -0.05) is 18.6 Å². The number of amides is 1. The second-order valence-corrected chi connectivity index (χ2v) is 7.47. The van der Waals surface area contributed by atoms with Crippen LogP contribution in [-0.2, 0) is 4.79 Å². The smallest absolute Gasteiger partial charge is 0.300 e. The summed E-state index contributed by atoms with van der Waals surface area (Å²) in [5.41, 5.74) is 1.02. The summed E-state index contributed by atoms with van der Waals surface area (Å²) >= 11 is 0. The molecule has 2 aliphatic heterocycles. The summed E-state index contributed by atoms with van der Waals surface area (Å²) in [4.78, 5) is 20.7. The lowest BCUT2D eigenvalue weighted by molar-refractivity contribution is -0.137. The fourth-order valence-electron chi connectivity index (χ4n) is 3.94. The van der Waals surface area contributed by atoms with Gasteiger partial charge in [0, 0.05) is 18.5 Å². The van der Waals surface area contributed by atoms with Crippen molar-refractivity contribution in [3.05, 3.63) is 59.9 Å². The largest absolute Gasteiger partial charge is 0.343 e. The molecule has 2 N–H and O–H groups in total. The Hall–Kier alpha value is -2.61. The number of rotatable bonds is 4. The molecule has 2 aromatic rings. The van der Waals surface area contributed by atoms with Crippen molar-refractivity contribution >= 4 is 23.0 Å². The molecule has 7 heteroatoms. The highest BCUT2D eigenvalue weighted by atomic mass is 19.1. The Kier molecular flexibility index (Phi) is 5.45. The van der Waals surface area contributed by atoms with Crippen LogP contribution in [0.3, 0.4) is 0 Å². The summed E-state index contributed by atoms with van der Waals surface area (Å²) in [6.45, 7) is 2.47. The van der Waals surface area contributed by atoms with Crippen molar-refractivity contribution in [2.24, 2.45) is 4.99 Å². The van der Waals surface area contributed by atoms with E-state index in [1.54, 1.807) is 24.3 Å². The predicted molar refractivity (Wildman–Crippen MR) is 109 cm³/mol. The van der Waals surface area contributed by atoms with Crippen molar-refractivity contribution in [3.8, 4) is 0 Å². The molecule has 0 radical (unpaired) electrons. The van der Waals surface area contributed by atoms with Crippen LogP contribution < -0.4 is 4.90 Å². The zero-order valence-electron chi connectivity index (χ0n) is 16.1. The molecule has 152 valence electrons. The Bertz CT molecular complexity index is 921. The standard InChI is InChI=1S/C22H24FN3O3/c23-17-10-8-16(9-11-17)21-22(28,29)26(19-7-3-2-6-18(19)24-21)20(27)12-15-25-13-4-1-5-14-25/h2-3,6-11,28-29H,1,4-5,12-15H2. The maximum absolute atomic E-state index is 13.3. The number of carbonyl (C=O) groups is 1. The van der Waals surface area contributed by atoms with E-state index in [-0.39, 0.29) is 12.1 Å². The topological polar surface area (TPSA) is 76.4 Å². The van der Waals surface area contributed by atoms with Gasteiger partial charge in [-0.3, -0.25) is 9.69 Å². The summed E-state index contributed by atoms with van der Waals surface area (Å²) in [5.74, 6) is -3.48. The van der Waals surface area contributed by atoms with Crippen LogP contribution in [0.1, 0.15) is 31.2 Å². The van der Waals surface area contributed by atoms with E-state index in [2.05, 4.69) is 9.89 Å². The minimum absolute atomic E-state index is 0.109. The molecule has 2 aliphatic rings. The third-order valence-corrected chi connectivity index (χ3v) is 5.44. The molecule has 0 spiro atoms. The van der Waals surface area contributed by atoms with Crippen LogP contribution in [0, 0.1) is 5.82 Å². The first-order valence-electron chi connectivity index (χ1n) is 9.91. The zero-order valence-corrected chi connectivity index (χ0v) is 16.1. The van der Waals surface area contributed by atoms with Crippen LogP contribution in [0.4, 0.5) is 15.8 Å². The molecule has 2 heterocycles. The average molecular weight is 397 g/mol. The van der Waals surface area contributed by atoms with Gasteiger partial charge >= 0.3 is 0 Å². The summed E-state index contributed by atoms with van der Waals surface area (Å²) in [6.07, 6.45) is 3.60. The quantitative estimate of drug-likeness (QED) is 0.778. The molecular weight excluding hydrogens is 373 g/mol. The third kappa shape index (κ3) is 3.94. The molecule has 6 nitrogen and oxygen atoms in total. The molecule has 0 bridgehead atoms. The Morgan fingerprint density at radius 3 is 2.45 bits per heavy atom. The van der Waals surface area contributed by atoms with E-state index < -0.39 is 17.6 Å². The van der Waals surface area contributed by atoms with Crippen LogP contribution in [0.25, 0.3) is 0 Å². The molecular formula is C22H24FN3O3. The molecule has 0 unspecified atom stereocenters. The second kappa shape index (κ2) is 8.02. The van der Waals surface area contributed by atoms with Gasteiger partial charge in [-0.25, -0.2) is 9.38 Å². The lowest BCUT2D eigenvalue weighted by atomic mass is 10.0. The first-order valence-corrected chi connectivity index (χ1v) is 9.91. The van der Waals surface area contributed by atoms with Gasteiger partial charge in [0.1, 0.15) is 11.5 Å². The Morgan fingerprint density at radius 2 is 1.72 bits per heavy atom. The lowest BCUT2D eigenvalue weighted by Crippen LogP contribution is -2.59. The molecule has 1 fully saturated rings. The summed E-state index contributed by atoms with van der Waals surface area (Å²) in [6, 6.07) is 12.1. The highest BCUT2D eigenvalue weighted by Crippen LogP contribution is 2.39. The van der Waals surface area contributed by atoms with Crippen LogP contribution in [0.15, 0.2) is 53.5 Å². The van der Waals surface area contributed by atoms with Gasteiger partial charge in [0.15, 0.2) is 0 Å². The van der Waals surface area contributed by atoms with E-state index in [1.807, 2.05) is 0 Å². The number of piperidine rings is 1. The van der Waals surface area contributed by atoms with E-state index in [4.69, 9.17) is 0 Å². The average Bonchev–Trinajstić information content (AvgIpc) is 2.72. The molecule has 29 heavy (non-hydrogen) atoms. The number of carbonyl (C=O) groups excluding carboxylic acids is 1. The number of aliphatic hydroxyl groups is 2. The van der Waals surface area contributed by atoms with Crippen molar-refractivity contribution in [1.82, 2.24) is 4.90 Å². The van der Waals surface area contributed by atoms with E-state index >= 15 is 0 Å². The van der Waals surface area contributed by atoms with Gasteiger partial charge in [-0.15, -0.1) is 0 Å². The number of nitrogens with zero attached hydrogens (tertiary/aromatic N) is 3. The summed E-state index contributed by atoms with van der Waals surface area (Å²) < 4.78 is 13.3. The Morgan fingerprint density at radius 1 is 1.03 bits per heavy atom. The van der Waals surface area contributed by atoms with Gasteiger partial charge < -0.3 is 15.1 Å². The number of hydrogen-bond donors (Lipinski definition) is 2. The highest BCUT2D eigenvalue weighted by Gasteiger charge is 2.46. The minimum atomic E-state index is -2.63. The zero-order chi connectivity index (χ0) is 20.4. The van der Waals surface area contributed by atoms with E-state index in [1.165, 1.54) is 30.7 Å². The number of para-hydroxylation sites is 2. The molecule has 0 aliphatic carbocycles. The van der Waals surface area contributed by atoms with Crippen molar-refractivity contribution in [2.45, 2.75) is 31.6 Å². The van der Waals surface area contributed by atoms with E-state index in [0.29, 0.717) is 23.5 Å². The first-order chi connectivity index (χ1) is 14.0. The normalized spacial score (nSPS) is 18.9. The Labute approximate surface area is 168 Å². The number of halogens is 1. The molecule has 0 atom stereocenters. The maximum Gasteiger partial charge on any atom is 0.300 e. The van der Waals surface area contributed by atoms with Gasteiger partial charge in [0.05, 0.1) is 11.4 Å². The van der Waals surface area contributed by atoms with Gasteiger partial charge in [0.25, 0.3) is 5.91 Å². The third-order valence-electron chi connectivity index (χ3n) is 5.44. The monoisotopic (exact) mass is 397 g/mol. The van der Waals surface area contributed by atoms with Gasteiger partial charge in [-0.2, -0.15) is 0 Å². The van der Waals surface area contributed by atoms with E-state index in [0.717, 1.165) is 30.8 Å². The van der Waals surface area contributed by atoms with Crippen LogP contribution in [-0.4, -0.2) is 52.3 Å². The number of hydrogen-bond acceptors (Lipinski definition) is 5. The van der Waals surface area contributed by atoms with Crippen LogP contribution in [0.5, 0.6) is 0 Å². The second-order valence-electron chi connectivity index (χ2n) is 7.47. The SMILES string of the molecule is O=C(CCN1CCCCC1)N1c2ccccc2N=C(c2ccc(F)cc2)C1(O)O. The van der Waals surface area contributed by atoms with Crippen molar-refractivity contribution in [3.63, 3.8) is 0 Å².